The van der Waals surface area contributed by atoms with Crippen molar-refractivity contribution in [3.05, 3.63) is 53.8 Å². The minimum atomic E-state index is -0.285. The van der Waals surface area contributed by atoms with Crippen molar-refractivity contribution in [2.24, 2.45) is 4.99 Å². The summed E-state index contributed by atoms with van der Waals surface area (Å²) in [6, 6.07) is 11.2. The zero-order valence-corrected chi connectivity index (χ0v) is 18.6. The van der Waals surface area contributed by atoms with Crippen LogP contribution >= 0.6 is 24.0 Å². The maximum absolute atomic E-state index is 12.9. The first kappa shape index (κ1) is 23.8. The second kappa shape index (κ2) is 12.3. The molecule has 0 saturated carbocycles. The molecule has 0 fully saturated rings. The standard InChI is InChI=1S/C20H26FN3O3.HI/c1-22-20(23-11-10-15-4-7-18(26-3)14-19(15)25)24(2)12-13-27-17-8-5-16(21)6-9-17;/h4-9,14,25H,10-13H2,1-3H3,(H,22,23);1H. The van der Waals surface area contributed by atoms with E-state index in [1.807, 2.05) is 24.1 Å². The second-order valence-corrected chi connectivity index (χ2v) is 5.94. The van der Waals surface area contributed by atoms with Gasteiger partial charge in [-0.25, -0.2) is 4.39 Å². The zero-order valence-electron chi connectivity index (χ0n) is 16.3. The van der Waals surface area contributed by atoms with Crippen LogP contribution in [0.25, 0.3) is 0 Å². The van der Waals surface area contributed by atoms with Crippen molar-refractivity contribution in [1.29, 1.82) is 0 Å². The number of phenols is 1. The summed E-state index contributed by atoms with van der Waals surface area (Å²) in [6.45, 7) is 1.68. The zero-order chi connectivity index (χ0) is 19.6. The minimum Gasteiger partial charge on any atom is -0.508 e. The van der Waals surface area contributed by atoms with Crippen LogP contribution in [-0.2, 0) is 6.42 Å². The Labute approximate surface area is 182 Å². The SMILES string of the molecule is CN=C(NCCc1ccc(OC)cc1O)N(C)CCOc1ccc(F)cc1.I. The number of hydrogen-bond acceptors (Lipinski definition) is 4. The van der Waals surface area contributed by atoms with Gasteiger partial charge in [0.2, 0.25) is 0 Å². The third-order valence-electron chi connectivity index (χ3n) is 4.05. The third-order valence-corrected chi connectivity index (χ3v) is 4.05. The van der Waals surface area contributed by atoms with E-state index in [0.717, 1.165) is 11.5 Å². The van der Waals surface area contributed by atoms with E-state index in [9.17, 15) is 9.50 Å². The van der Waals surface area contributed by atoms with Gasteiger partial charge in [-0.15, -0.1) is 24.0 Å². The van der Waals surface area contributed by atoms with Crippen LogP contribution in [0.15, 0.2) is 47.5 Å². The largest absolute Gasteiger partial charge is 0.508 e. The molecule has 0 aliphatic heterocycles. The Balaban J connectivity index is 0.00000392. The molecule has 6 nitrogen and oxygen atoms in total. The van der Waals surface area contributed by atoms with Gasteiger partial charge in [0.25, 0.3) is 0 Å². The molecule has 0 heterocycles. The topological polar surface area (TPSA) is 66.3 Å². The number of phenolic OH excluding ortho intramolecular Hbond substituents is 1. The van der Waals surface area contributed by atoms with Gasteiger partial charge in [-0.2, -0.15) is 0 Å². The van der Waals surface area contributed by atoms with Gasteiger partial charge in [0, 0.05) is 26.7 Å². The monoisotopic (exact) mass is 503 g/mol. The predicted octanol–water partition coefficient (Wildman–Crippen LogP) is 3.29. The van der Waals surface area contributed by atoms with Gasteiger partial charge in [-0.1, -0.05) is 6.07 Å². The molecule has 8 heteroatoms. The molecular weight excluding hydrogens is 476 g/mol. The van der Waals surface area contributed by atoms with E-state index in [4.69, 9.17) is 9.47 Å². The Morgan fingerprint density at radius 1 is 1.18 bits per heavy atom. The number of aromatic hydroxyl groups is 1. The van der Waals surface area contributed by atoms with Gasteiger partial charge in [0.15, 0.2) is 5.96 Å². The Morgan fingerprint density at radius 3 is 2.46 bits per heavy atom. The lowest BCUT2D eigenvalue weighted by molar-refractivity contribution is 0.281. The lowest BCUT2D eigenvalue weighted by atomic mass is 10.1. The Morgan fingerprint density at radius 2 is 1.86 bits per heavy atom. The number of nitrogens with zero attached hydrogens (tertiary/aromatic N) is 2. The molecule has 0 spiro atoms. The van der Waals surface area contributed by atoms with E-state index >= 15 is 0 Å². The number of rotatable bonds is 8. The summed E-state index contributed by atoms with van der Waals surface area (Å²) in [6.07, 6.45) is 0.648. The molecule has 0 unspecified atom stereocenters. The van der Waals surface area contributed by atoms with Crippen LogP contribution in [0.1, 0.15) is 5.56 Å². The molecule has 0 saturated heterocycles. The fourth-order valence-corrected chi connectivity index (χ4v) is 2.51. The molecule has 28 heavy (non-hydrogen) atoms. The van der Waals surface area contributed by atoms with Crippen LogP contribution in [0.2, 0.25) is 0 Å². The van der Waals surface area contributed by atoms with Gasteiger partial charge >= 0.3 is 0 Å². The highest BCUT2D eigenvalue weighted by atomic mass is 127. The van der Waals surface area contributed by atoms with Crippen molar-refractivity contribution in [1.82, 2.24) is 10.2 Å². The normalized spacial score (nSPS) is 10.8. The van der Waals surface area contributed by atoms with Crippen LogP contribution in [-0.4, -0.2) is 56.9 Å². The second-order valence-electron chi connectivity index (χ2n) is 5.94. The fourth-order valence-electron chi connectivity index (χ4n) is 2.51. The minimum absolute atomic E-state index is 0. The van der Waals surface area contributed by atoms with Crippen molar-refractivity contribution >= 4 is 29.9 Å². The smallest absolute Gasteiger partial charge is 0.193 e. The van der Waals surface area contributed by atoms with Crippen molar-refractivity contribution in [2.75, 3.05) is 40.9 Å². The summed E-state index contributed by atoms with van der Waals surface area (Å²) in [7, 11) is 5.19. The van der Waals surface area contributed by atoms with Crippen molar-refractivity contribution in [3.63, 3.8) is 0 Å². The summed E-state index contributed by atoms with van der Waals surface area (Å²) in [4.78, 5) is 6.19. The number of aliphatic imine (C=N–C) groups is 1. The number of guanidine groups is 1. The van der Waals surface area contributed by atoms with Gasteiger partial charge < -0.3 is 24.8 Å². The average molecular weight is 503 g/mol. The molecule has 154 valence electrons. The number of ether oxygens (including phenoxy) is 2. The van der Waals surface area contributed by atoms with E-state index in [-0.39, 0.29) is 35.5 Å². The van der Waals surface area contributed by atoms with Gasteiger partial charge in [-0.05, 0) is 42.3 Å². The Bertz CT molecular complexity index is 757. The van der Waals surface area contributed by atoms with Crippen LogP contribution < -0.4 is 14.8 Å². The highest BCUT2D eigenvalue weighted by Gasteiger charge is 2.07. The summed E-state index contributed by atoms with van der Waals surface area (Å²) in [5, 5.41) is 13.3. The molecule has 0 aliphatic rings. The summed E-state index contributed by atoms with van der Waals surface area (Å²) >= 11 is 0. The van der Waals surface area contributed by atoms with Gasteiger partial charge in [0.05, 0.1) is 13.7 Å². The predicted molar refractivity (Wildman–Crippen MR) is 120 cm³/mol. The van der Waals surface area contributed by atoms with E-state index in [1.165, 1.54) is 12.1 Å². The number of nitrogens with one attached hydrogen (secondary N) is 1. The number of benzene rings is 2. The van der Waals surface area contributed by atoms with E-state index in [1.54, 1.807) is 32.4 Å². The fraction of sp³-hybridized carbons (Fsp3) is 0.350. The first-order valence-corrected chi connectivity index (χ1v) is 8.69. The summed E-state index contributed by atoms with van der Waals surface area (Å²) < 4.78 is 23.6. The van der Waals surface area contributed by atoms with E-state index in [0.29, 0.717) is 37.6 Å². The number of halogens is 2. The molecule has 0 radical (unpaired) electrons. The lowest BCUT2D eigenvalue weighted by Crippen LogP contribution is -2.41. The quantitative estimate of drug-likeness (QED) is 0.329. The van der Waals surface area contributed by atoms with Gasteiger partial charge in [-0.3, -0.25) is 4.99 Å². The summed E-state index contributed by atoms with van der Waals surface area (Å²) in [5.74, 6) is 1.91. The van der Waals surface area contributed by atoms with Crippen molar-refractivity contribution < 1.29 is 19.0 Å². The molecule has 2 aromatic rings. The highest BCUT2D eigenvalue weighted by Crippen LogP contribution is 2.23. The van der Waals surface area contributed by atoms with Gasteiger partial charge in [0.1, 0.15) is 29.7 Å². The maximum atomic E-state index is 12.9. The Kier molecular flexibility index (Phi) is 10.4. The molecule has 2 rings (SSSR count). The third kappa shape index (κ3) is 7.41. The highest BCUT2D eigenvalue weighted by molar-refractivity contribution is 14.0. The first-order valence-electron chi connectivity index (χ1n) is 8.69. The van der Waals surface area contributed by atoms with Crippen LogP contribution in [0.4, 0.5) is 4.39 Å². The van der Waals surface area contributed by atoms with Crippen LogP contribution in [0, 0.1) is 5.82 Å². The lowest BCUT2D eigenvalue weighted by Gasteiger charge is -2.22. The molecule has 2 N–H and O–H groups in total. The molecule has 0 aromatic heterocycles. The molecule has 0 atom stereocenters. The van der Waals surface area contributed by atoms with Crippen molar-refractivity contribution in [2.45, 2.75) is 6.42 Å². The van der Waals surface area contributed by atoms with E-state index < -0.39 is 0 Å². The molecule has 2 aromatic carbocycles. The number of hydrogen-bond donors (Lipinski definition) is 2. The average Bonchev–Trinajstić information content (AvgIpc) is 2.67. The number of methoxy groups -OCH3 is 1. The molecule has 0 amide bonds. The van der Waals surface area contributed by atoms with E-state index in [2.05, 4.69) is 10.3 Å². The molecular formula is C20H27FIN3O3. The first-order chi connectivity index (χ1) is 13.0. The Hall–Kier alpha value is -2.23. The van der Waals surface area contributed by atoms with Crippen LogP contribution in [0.5, 0.6) is 17.2 Å². The summed E-state index contributed by atoms with van der Waals surface area (Å²) in [5.41, 5.74) is 0.834. The number of likely N-dealkylation sites (N-methyl/N-ethyl adjacent to an activating group) is 1. The van der Waals surface area contributed by atoms with Crippen LogP contribution in [0.3, 0.4) is 0 Å². The molecule has 0 aliphatic carbocycles. The molecule has 0 bridgehead atoms. The van der Waals surface area contributed by atoms with Crippen molar-refractivity contribution in [3.8, 4) is 17.2 Å². The maximum Gasteiger partial charge on any atom is 0.193 e.